The van der Waals surface area contributed by atoms with Gasteiger partial charge in [0.15, 0.2) is 9.84 Å². The Labute approximate surface area is 147 Å². The summed E-state index contributed by atoms with van der Waals surface area (Å²) in [7, 11) is -3.28. The van der Waals surface area contributed by atoms with E-state index >= 15 is 0 Å². The van der Waals surface area contributed by atoms with E-state index < -0.39 is 15.4 Å². The Hall–Kier alpha value is -2.47. The van der Waals surface area contributed by atoms with Crippen LogP contribution in [0.3, 0.4) is 0 Å². The van der Waals surface area contributed by atoms with Gasteiger partial charge in [-0.3, -0.25) is 4.98 Å². The maximum Gasteiger partial charge on any atom is 0.335 e. The smallest absolute Gasteiger partial charge is 0.335 e. The number of hydrogen-bond acceptors (Lipinski definition) is 5. The Balaban J connectivity index is 2.19. The molecule has 0 saturated carbocycles. The summed E-state index contributed by atoms with van der Waals surface area (Å²) >= 11 is 0. The Morgan fingerprint density at radius 1 is 1.12 bits per heavy atom. The molecule has 25 heavy (non-hydrogen) atoms. The van der Waals surface area contributed by atoms with Crippen LogP contribution in [-0.2, 0) is 19.4 Å². The summed E-state index contributed by atoms with van der Waals surface area (Å²) in [5, 5.41) is 0. The molecule has 1 saturated heterocycles. The van der Waals surface area contributed by atoms with Crippen LogP contribution in [0.15, 0.2) is 59.3 Å². The molecule has 1 aromatic carbocycles. The lowest BCUT2D eigenvalue weighted by atomic mass is 9.90. The van der Waals surface area contributed by atoms with E-state index in [1.807, 2.05) is 19.9 Å². The molecule has 0 N–H and O–H groups in total. The highest BCUT2D eigenvalue weighted by Gasteiger charge is 2.37. The van der Waals surface area contributed by atoms with Gasteiger partial charge < -0.3 is 4.74 Å². The van der Waals surface area contributed by atoms with E-state index in [1.54, 1.807) is 42.7 Å². The monoisotopic (exact) mass is 357 g/mol. The average molecular weight is 357 g/mol. The number of hydrogen-bond donors (Lipinski definition) is 0. The minimum absolute atomic E-state index is 0.237. The van der Waals surface area contributed by atoms with Crippen LogP contribution in [0.1, 0.15) is 31.4 Å². The standard InChI is InChI=1S/C19H19NO4S/c1-19(2)11-16(18(21)24-19)17(14-5-4-10-20-12-14)13-6-8-15(9-7-13)25(3,22)23/h4-10,12H,11H2,1-3H3/b17-16-. The van der Waals surface area contributed by atoms with E-state index in [0.717, 1.165) is 16.7 Å². The molecule has 2 aromatic rings. The Morgan fingerprint density at radius 2 is 1.80 bits per heavy atom. The predicted octanol–water partition coefficient (Wildman–Crippen LogP) is 3.01. The zero-order valence-corrected chi connectivity index (χ0v) is 15.1. The molecule has 1 fully saturated rings. The van der Waals surface area contributed by atoms with Crippen molar-refractivity contribution in [2.75, 3.05) is 6.26 Å². The van der Waals surface area contributed by atoms with Crippen molar-refractivity contribution in [1.82, 2.24) is 4.98 Å². The molecule has 5 nitrogen and oxygen atoms in total. The first-order chi connectivity index (χ1) is 11.7. The van der Waals surface area contributed by atoms with Crippen molar-refractivity contribution in [2.24, 2.45) is 0 Å². The van der Waals surface area contributed by atoms with Crippen LogP contribution in [0, 0.1) is 0 Å². The van der Waals surface area contributed by atoms with Crippen LogP contribution in [0.2, 0.25) is 0 Å². The van der Waals surface area contributed by atoms with E-state index in [0.29, 0.717) is 12.0 Å². The van der Waals surface area contributed by atoms with Gasteiger partial charge in [0.25, 0.3) is 0 Å². The molecule has 3 rings (SSSR count). The highest BCUT2D eigenvalue weighted by atomic mass is 32.2. The van der Waals surface area contributed by atoms with Crippen LogP contribution in [0.5, 0.6) is 0 Å². The third-order valence-electron chi connectivity index (χ3n) is 4.04. The molecule has 130 valence electrons. The largest absolute Gasteiger partial charge is 0.456 e. The highest BCUT2D eigenvalue weighted by Crippen LogP contribution is 2.38. The second kappa shape index (κ2) is 6.11. The number of pyridine rings is 1. The molecule has 0 atom stereocenters. The molecule has 0 bridgehead atoms. The third kappa shape index (κ3) is 3.64. The number of ether oxygens (including phenoxy) is 1. The van der Waals surface area contributed by atoms with Crippen molar-refractivity contribution < 1.29 is 17.9 Å². The van der Waals surface area contributed by atoms with Gasteiger partial charge in [-0.15, -0.1) is 0 Å². The van der Waals surface area contributed by atoms with Crippen LogP contribution in [0.25, 0.3) is 5.57 Å². The summed E-state index contributed by atoms with van der Waals surface area (Å²) in [5.74, 6) is -0.351. The van der Waals surface area contributed by atoms with Crippen molar-refractivity contribution in [1.29, 1.82) is 0 Å². The lowest BCUT2D eigenvalue weighted by Gasteiger charge is -2.14. The number of nitrogens with zero attached hydrogens (tertiary/aromatic N) is 1. The Morgan fingerprint density at radius 3 is 2.28 bits per heavy atom. The third-order valence-corrected chi connectivity index (χ3v) is 5.17. The van der Waals surface area contributed by atoms with Gasteiger partial charge in [-0.25, -0.2) is 13.2 Å². The fourth-order valence-electron chi connectivity index (χ4n) is 2.93. The molecule has 1 aliphatic heterocycles. The minimum Gasteiger partial charge on any atom is -0.456 e. The zero-order valence-electron chi connectivity index (χ0n) is 14.3. The van der Waals surface area contributed by atoms with E-state index in [4.69, 9.17) is 4.74 Å². The predicted molar refractivity (Wildman–Crippen MR) is 94.6 cm³/mol. The SMILES string of the molecule is CC1(C)C/C(=C(\c2ccc(S(C)(=O)=O)cc2)c2cccnc2)C(=O)O1. The average Bonchev–Trinajstić information content (AvgIpc) is 2.81. The maximum absolute atomic E-state index is 12.4. The fraction of sp³-hybridized carbons (Fsp3) is 0.263. The van der Waals surface area contributed by atoms with Crippen molar-refractivity contribution in [3.8, 4) is 0 Å². The molecular formula is C19H19NO4S. The minimum atomic E-state index is -3.28. The Bertz CT molecular complexity index is 943. The van der Waals surface area contributed by atoms with Crippen LogP contribution in [0.4, 0.5) is 0 Å². The van der Waals surface area contributed by atoms with Gasteiger partial charge in [0.2, 0.25) is 0 Å². The molecule has 2 heterocycles. The fourth-order valence-corrected chi connectivity index (χ4v) is 3.56. The van der Waals surface area contributed by atoms with Gasteiger partial charge in [0.05, 0.1) is 4.90 Å². The van der Waals surface area contributed by atoms with E-state index in [1.165, 1.54) is 6.26 Å². The quantitative estimate of drug-likeness (QED) is 0.624. The number of sulfone groups is 1. The summed E-state index contributed by atoms with van der Waals surface area (Å²) in [6.45, 7) is 3.73. The summed E-state index contributed by atoms with van der Waals surface area (Å²) in [6, 6.07) is 10.2. The number of benzene rings is 1. The molecule has 0 spiro atoms. The number of carbonyl (C=O) groups is 1. The van der Waals surface area contributed by atoms with Crippen molar-refractivity contribution in [3.05, 3.63) is 65.5 Å². The van der Waals surface area contributed by atoms with Crippen molar-refractivity contribution >= 4 is 21.4 Å². The second-order valence-corrected chi connectivity index (χ2v) is 8.73. The van der Waals surface area contributed by atoms with Gasteiger partial charge >= 0.3 is 5.97 Å². The van der Waals surface area contributed by atoms with Crippen molar-refractivity contribution in [2.45, 2.75) is 30.8 Å². The highest BCUT2D eigenvalue weighted by molar-refractivity contribution is 7.90. The molecule has 0 radical (unpaired) electrons. The summed E-state index contributed by atoms with van der Waals surface area (Å²) < 4.78 is 28.8. The van der Waals surface area contributed by atoms with E-state index in [9.17, 15) is 13.2 Å². The van der Waals surface area contributed by atoms with E-state index in [2.05, 4.69) is 4.98 Å². The lowest BCUT2D eigenvalue weighted by molar-refractivity contribution is -0.143. The molecule has 6 heteroatoms. The lowest BCUT2D eigenvalue weighted by Crippen LogP contribution is -2.17. The first-order valence-corrected chi connectivity index (χ1v) is 9.74. The van der Waals surface area contributed by atoms with Gasteiger partial charge in [-0.2, -0.15) is 0 Å². The Kier molecular flexibility index (Phi) is 4.24. The number of rotatable bonds is 3. The summed E-state index contributed by atoms with van der Waals surface area (Å²) in [4.78, 5) is 16.8. The number of esters is 1. The van der Waals surface area contributed by atoms with Gasteiger partial charge in [0, 0.05) is 41.8 Å². The van der Waals surface area contributed by atoms with Crippen molar-refractivity contribution in [3.63, 3.8) is 0 Å². The second-order valence-electron chi connectivity index (χ2n) is 6.72. The molecule has 0 aliphatic carbocycles. The number of cyclic esters (lactones) is 1. The van der Waals surface area contributed by atoms with Crippen LogP contribution in [-0.4, -0.2) is 31.2 Å². The summed E-state index contributed by atoms with van der Waals surface area (Å²) in [6.07, 6.45) is 4.99. The maximum atomic E-state index is 12.4. The zero-order chi connectivity index (χ0) is 18.2. The topological polar surface area (TPSA) is 73.3 Å². The molecule has 1 aliphatic rings. The molecule has 0 unspecified atom stereocenters. The number of carbonyl (C=O) groups excluding carboxylic acids is 1. The molecule has 1 aromatic heterocycles. The molecular weight excluding hydrogens is 338 g/mol. The molecule has 0 amide bonds. The van der Waals surface area contributed by atoms with Crippen LogP contribution >= 0.6 is 0 Å². The van der Waals surface area contributed by atoms with Gasteiger partial charge in [0.1, 0.15) is 5.60 Å². The normalized spacial score (nSPS) is 18.8. The summed E-state index contributed by atoms with van der Waals surface area (Å²) in [5.41, 5.74) is 2.28. The van der Waals surface area contributed by atoms with Gasteiger partial charge in [-0.1, -0.05) is 18.2 Å². The first-order valence-electron chi connectivity index (χ1n) is 7.85. The first kappa shape index (κ1) is 17.4. The van der Waals surface area contributed by atoms with Crippen LogP contribution < -0.4 is 0 Å². The number of aromatic nitrogens is 1. The van der Waals surface area contributed by atoms with E-state index in [-0.39, 0.29) is 10.9 Å². The van der Waals surface area contributed by atoms with Gasteiger partial charge in [-0.05, 0) is 37.6 Å².